The second kappa shape index (κ2) is 5.83. The van der Waals surface area contributed by atoms with Crippen molar-refractivity contribution in [2.45, 2.75) is 19.8 Å². The molecule has 4 nitrogen and oxygen atoms in total. The van der Waals surface area contributed by atoms with Gasteiger partial charge in [-0.15, -0.1) is 0 Å². The van der Waals surface area contributed by atoms with Gasteiger partial charge >= 0.3 is 0 Å². The van der Waals surface area contributed by atoms with E-state index in [0.29, 0.717) is 19.4 Å². The van der Waals surface area contributed by atoms with Gasteiger partial charge in [0.15, 0.2) is 5.78 Å². The molecular weight excluding hydrogens is 259 g/mol. The fraction of sp³-hybridized carbons (Fsp3) is 0.400. The lowest BCUT2D eigenvalue weighted by atomic mass is 9.87. The van der Waals surface area contributed by atoms with Gasteiger partial charge < -0.3 is 4.90 Å². The molecule has 104 valence electrons. The monoisotopic (exact) mass is 274 g/mol. The molecule has 0 bridgehead atoms. The zero-order valence-corrected chi connectivity index (χ0v) is 11.2. The molecule has 1 aliphatic rings. The van der Waals surface area contributed by atoms with Crippen molar-refractivity contribution in [1.82, 2.24) is 0 Å². The third kappa shape index (κ3) is 2.55. The first-order valence-electron chi connectivity index (χ1n) is 6.55. The first kappa shape index (κ1) is 14.2. The lowest BCUT2D eigenvalue weighted by molar-refractivity contribution is -0.135. The Morgan fingerprint density at radius 2 is 2.20 bits per heavy atom. The summed E-state index contributed by atoms with van der Waals surface area (Å²) in [6, 6.07) is 7.86. The number of ketones is 1. The summed E-state index contributed by atoms with van der Waals surface area (Å²) in [7, 11) is 0. The minimum atomic E-state index is -0.835. The van der Waals surface area contributed by atoms with Crippen LogP contribution in [-0.2, 0) is 9.59 Å². The summed E-state index contributed by atoms with van der Waals surface area (Å²) in [5.41, 5.74) is 0.194. The second-order valence-electron chi connectivity index (χ2n) is 4.89. The number of nitrogens with zero attached hydrogens (tertiary/aromatic N) is 2. The number of hydrogen-bond donors (Lipinski definition) is 0. The molecular formula is C15H15FN2O2. The van der Waals surface area contributed by atoms with Crippen LogP contribution in [0.1, 0.15) is 19.8 Å². The number of benzene rings is 1. The Bertz CT molecular complexity index is 579. The average molecular weight is 274 g/mol. The number of rotatable bonds is 3. The third-order valence-electron chi connectivity index (χ3n) is 3.55. The van der Waals surface area contributed by atoms with Crippen molar-refractivity contribution in [3.8, 4) is 6.07 Å². The second-order valence-corrected chi connectivity index (χ2v) is 4.89. The minimum absolute atomic E-state index is 0.194. The molecule has 2 atom stereocenters. The van der Waals surface area contributed by atoms with Crippen LogP contribution in [-0.4, -0.2) is 18.2 Å². The minimum Gasteiger partial charge on any atom is -0.309 e. The fourth-order valence-electron chi connectivity index (χ4n) is 2.41. The van der Waals surface area contributed by atoms with E-state index < -0.39 is 23.6 Å². The van der Waals surface area contributed by atoms with Gasteiger partial charge in [0.1, 0.15) is 11.7 Å². The summed E-state index contributed by atoms with van der Waals surface area (Å²) in [6.07, 6.45) is 1.04. The highest BCUT2D eigenvalue weighted by Gasteiger charge is 2.37. The van der Waals surface area contributed by atoms with E-state index in [-0.39, 0.29) is 11.5 Å². The Hall–Kier alpha value is -2.22. The smallest absolute Gasteiger partial charge is 0.237 e. The largest absolute Gasteiger partial charge is 0.309 e. The number of carbonyl (C=O) groups is 2. The number of carbonyl (C=O) groups excluding carboxylic acids is 2. The molecule has 0 spiro atoms. The zero-order chi connectivity index (χ0) is 14.7. The van der Waals surface area contributed by atoms with Gasteiger partial charge in [-0.1, -0.05) is 12.1 Å². The van der Waals surface area contributed by atoms with Crippen molar-refractivity contribution in [2.75, 3.05) is 11.4 Å². The first-order valence-corrected chi connectivity index (χ1v) is 6.55. The van der Waals surface area contributed by atoms with E-state index in [9.17, 15) is 14.0 Å². The van der Waals surface area contributed by atoms with Gasteiger partial charge in [-0.2, -0.15) is 5.26 Å². The van der Waals surface area contributed by atoms with Crippen LogP contribution in [0.15, 0.2) is 24.3 Å². The van der Waals surface area contributed by atoms with Gasteiger partial charge in [0.25, 0.3) is 0 Å². The normalized spacial score (nSPS) is 20.4. The van der Waals surface area contributed by atoms with Crippen molar-refractivity contribution in [2.24, 2.45) is 11.8 Å². The molecule has 2 rings (SSSR count). The van der Waals surface area contributed by atoms with Gasteiger partial charge in [-0.25, -0.2) is 4.39 Å². The van der Waals surface area contributed by atoms with Gasteiger partial charge in [0, 0.05) is 6.54 Å². The quantitative estimate of drug-likeness (QED) is 0.794. The summed E-state index contributed by atoms with van der Waals surface area (Å²) in [5, 5.41) is 8.79. The maximum atomic E-state index is 13.8. The van der Waals surface area contributed by atoms with Crippen molar-refractivity contribution in [1.29, 1.82) is 5.26 Å². The molecule has 1 aromatic rings. The number of amides is 1. The molecule has 5 heteroatoms. The Morgan fingerprint density at radius 3 is 2.85 bits per heavy atom. The standard InChI is InChI=1S/C15H15FN2O2/c1-10(9-17)14(19)11-5-4-8-18(15(11)20)13-7-3-2-6-12(13)16/h2-3,6-7,10-11H,4-5,8H2,1H3/t10-,11+/m0/s1. The van der Waals surface area contributed by atoms with Crippen LogP contribution in [0.2, 0.25) is 0 Å². The zero-order valence-electron chi connectivity index (χ0n) is 11.2. The summed E-state index contributed by atoms with van der Waals surface area (Å²) in [4.78, 5) is 25.7. The molecule has 0 aliphatic carbocycles. The molecule has 1 fully saturated rings. The molecule has 1 amide bonds. The van der Waals surface area contributed by atoms with Crippen LogP contribution in [0.3, 0.4) is 0 Å². The van der Waals surface area contributed by atoms with Gasteiger partial charge in [-0.05, 0) is 31.9 Å². The van der Waals surface area contributed by atoms with E-state index >= 15 is 0 Å². The summed E-state index contributed by atoms with van der Waals surface area (Å²) >= 11 is 0. The molecule has 1 aromatic carbocycles. The first-order chi connectivity index (χ1) is 9.56. The Labute approximate surface area is 116 Å². The lowest BCUT2D eigenvalue weighted by Gasteiger charge is -2.32. The van der Waals surface area contributed by atoms with E-state index in [4.69, 9.17) is 5.26 Å². The van der Waals surface area contributed by atoms with Gasteiger partial charge in [0.2, 0.25) is 5.91 Å². The number of hydrogen-bond acceptors (Lipinski definition) is 3. The Balaban J connectivity index is 2.26. The maximum Gasteiger partial charge on any atom is 0.237 e. The lowest BCUT2D eigenvalue weighted by Crippen LogP contribution is -2.45. The number of piperidine rings is 1. The van der Waals surface area contributed by atoms with Crippen molar-refractivity contribution in [3.63, 3.8) is 0 Å². The SMILES string of the molecule is C[C@@H](C#N)C(=O)[C@H]1CCCN(c2ccccc2F)C1=O. The topological polar surface area (TPSA) is 61.2 Å². The predicted molar refractivity (Wildman–Crippen MR) is 71.3 cm³/mol. The molecule has 1 heterocycles. The number of Topliss-reactive ketones (excluding diaryl/α,β-unsaturated/α-hetero) is 1. The molecule has 0 aromatic heterocycles. The van der Waals surface area contributed by atoms with E-state index in [1.54, 1.807) is 12.1 Å². The Kier molecular flexibility index (Phi) is 4.14. The van der Waals surface area contributed by atoms with Gasteiger partial charge in [-0.3, -0.25) is 9.59 Å². The number of anilines is 1. The number of para-hydroxylation sites is 1. The van der Waals surface area contributed by atoms with Crippen LogP contribution in [0, 0.1) is 29.0 Å². The molecule has 0 radical (unpaired) electrons. The van der Waals surface area contributed by atoms with E-state index in [1.807, 2.05) is 6.07 Å². The van der Waals surface area contributed by atoms with E-state index in [0.717, 1.165) is 0 Å². The summed E-state index contributed by atoms with van der Waals surface area (Å²) < 4.78 is 13.8. The summed E-state index contributed by atoms with van der Waals surface area (Å²) in [5.74, 6) is -2.92. The molecule has 0 saturated carbocycles. The van der Waals surface area contributed by atoms with Crippen molar-refractivity contribution in [3.05, 3.63) is 30.1 Å². The molecule has 0 N–H and O–H groups in total. The predicted octanol–water partition coefficient (Wildman–Crippen LogP) is 2.30. The fourth-order valence-corrected chi connectivity index (χ4v) is 2.41. The number of nitriles is 1. The average Bonchev–Trinajstić information content (AvgIpc) is 2.47. The molecule has 1 saturated heterocycles. The third-order valence-corrected chi connectivity index (χ3v) is 3.55. The molecule has 1 aliphatic heterocycles. The highest BCUT2D eigenvalue weighted by Crippen LogP contribution is 2.28. The van der Waals surface area contributed by atoms with E-state index in [2.05, 4.69) is 0 Å². The highest BCUT2D eigenvalue weighted by atomic mass is 19.1. The van der Waals surface area contributed by atoms with Crippen LogP contribution in [0.25, 0.3) is 0 Å². The molecule has 20 heavy (non-hydrogen) atoms. The number of halogens is 1. The van der Waals surface area contributed by atoms with Crippen molar-refractivity contribution >= 4 is 17.4 Å². The van der Waals surface area contributed by atoms with Gasteiger partial charge in [0.05, 0.1) is 17.7 Å². The Morgan fingerprint density at radius 1 is 1.50 bits per heavy atom. The van der Waals surface area contributed by atoms with Crippen LogP contribution in [0.4, 0.5) is 10.1 Å². The van der Waals surface area contributed by atoms with Crippen LogP contribution in [0.5, 0.6) is 0 Å². The van der Waals surface area contributed by atoms with Crippen LogP contribution < -0.4 is 4.90 Å². The van der Waals surface area contributed by atoms with Crippen LogP contribution >= 0.6 is 0 Å². The van der Waals surface area contributed by atoms with E-state index in [1.165, 1.54) is 24.0 Å². The molecule has 0 unspecified atom stereocenters. The maximum absolute atomic E-state index is 13.8. The van der Waals surface area contributed by atoms with Crippen molar-refractivity contribution < 1.29 is 14.0 Å². The summed E-state index contributed by atoms with van der Waals surface area (Å²) in [6.45, 7) is 1.88. The highest BCUT2D eigenvalue weighted by molar-refractivity contribution is 6.10.